The second kappa shape index (κ2) is 3.09. The molecular weight excluding hydrogens is 134 g/mol. The SMILES string of the molecule is C=CC(C)(C)CC(C)(C)C#N. The Kier molecular flexibility index (Phi) is 2.87. The van der Waals surface area contributed by atoms with Gasteiger partial charge in [0.1, 0.15) is 0 Å². The van der Waals surface area contributed by atoms with Gasteiger partial charge in [-0.25, -0.2) is 0 Å². The summed E-state index contributed by atoms with van der Waals surface area (Å²) in [4.78, 5) is 0. The second-order valence-electron chi connectivity index (χ2n) is 4.37. The number of hydrogen-bond acceptors (Lipinski definition) is 1. The molecule has 0 aromatic heterocycles. The highest BCUT2D eigenvalue weighted by Crippen LogP contribution is 2.33. The van der Waals surface area contributed by atoms with E-state index in [1.165, 1.54) is 0 Å². The predicted molar refractivity (Wildman–Crippen MR) is 48.0 cm³/mol. The maximum Gasteiger partial charge on any atom is 0.0684 e. The Hall–Kier alpha value is -0.770. The van der Waals surface area contributed by atoms with Crippen LogP contribution in [-0.4, -0.2) is 0 Å². The minimum Gasteiger partial charge on any atom is -0.198 e. The van der Waals surface area contributed by atoms with Crippen LogP contribution in [0.15, 0.2) is 12.7 Å². The first-order chi connectivity index (χ1) is 4.83. The van der Waals surface area contributed by atoms with Crippen LogP contribution in [0.5, 0.6) is 0 Å². The van der Waals surface area contributed by atoms with Crippen molar-refractivity contribution >= 4 is 0 Å². The Bertz CT molecular complexity index is 182. The van der Waals surface area contributed by atoms with E-state index in [0.29, 0.717) is 0 Å². The molecule has 0 aliphatic rings. The molecule has 0 aromatic carbocycles. The summed E-state index contributed by atoms with van der Waals surface area (Å²) in [5.74, 6) is 0. The van der Waals surface area contributed by atoms with Gasteiger partial charge in [-0.3, -0.25) is 0 Å². The lowest BCUT2D eigenvalue weighted by Gasteiger charge is -2.27. The maximum atomic E-state index is 8.77. The van der Waals surface area contributed by atoms with Crippen LogP contribution in [0.4, 0.5) is 0 Å². The molecule has 0 rings (SSSR count). The third kappa shape index (κ3) is 3.83. The summed E-state index contributed by atoms with van der Waals surface area (Å²) in [6, 6.07) is 2.28. The van der Waals surface area contributed by atoms with Crippen molar-refractivity contribution in [2.24, 2.45) is 10.8 Å². The zero-order chi connectivity index (χ0) is 9.12. The van der Waals surface area contributed by atoms with E-state index in [0.717, 1.165) is 6.42 Å². The zero-order valence-electron chi connectivity index (χ0n) is 7.94. The van der Waals surface area contributed by atoms with Crippen LogP contribution in [0.3, 0.4) is 0 Å². The minimum absolute atomic E-state index is 0.0687. The molecular formula is C10H17N. The van der Waals surface area contributed by atoms with Gasteiger partial charge in [0.05, 0.1) is 11.5 Å². The number of hydrogen-bond donors (Lipinski definition) is 0. The van der Waals surface area contributed by atoms with Crippen LogP contribution >= 0.6 is 0 Å². The van der Waals surface area contributed by atoms with Crippen molar-refractivity contribution < 1.29 is 0 Å². The molecule has 0 bridgehead atoms. The van der Waals surface area contributed by atoms with Crippen molar-refractivity contribution in [2.45, 2.75) is 34.1 Å². The van der Waals surface area contributed by atoms with Crippen molar-refractivity contribution in [3.63, 3.8) is 0 Å². The lowest BCUT2D eigenvalue weighted by Crippen LogP contribution is -2.19. The van der Waals surface area contributed by atoms with Crippen molar-refractivity contribution in [1.29, 1.82) is 5.26 Å². The van der Waals surface area contributed by atoms with Crippen LogP contribution in [0.25, 0.3) is 0 Å². The van der Waals surface area contributed by atoms with Gasteiger partial charge in [-0.05, 0) is 25.7 Å². The average molecular weight is 151 g/mol. The Labute approximate surface area is 69.7 Å². The number of rotatable bonds is 3. The fraction of sp³-hybridized carbons (Fsp3) is 0.700. The van der Waals surface area contributed by atoms with Crippen LogP contribution in [0, 0.1) is 22.2 Å². The summed E-state index contributed by atoms with van der Waals surface area (Å²) in [6.45, 7) is 11.8. The highest BCUT2D eigenvalue weighted by Gasteiger charge is 2.25. The van der Waals surface area contributed by atoms with E-state index in [1.807, 2.05) is 19.9 Å². The summed E-state index contributed by atoms with van der Waals surface area (Å²) < 4.78 is 0. The lowest BCUT2D eigenvalue weighted by molar-refractivity contribution is 0.304. The summed E-state index contributed by atoms with van der Waals surface area (Å²) in [5, 5.41) is 8.77. The third-order valence-electron chi connectivity index (χ3n) is 1.75. The van der Waals surface area contributed by atoms with Gasteiger partial charge in [-0.1, -0.05) is 19.9 Å². The zero-order valence-corrected chi connectivity index (χ0v) is 7.94. The molecule has 1 heteroatoms. The van der Waals surface area contributed by atoms with Crippen LogP contribution in [0.1, 0.15) is 34.1 Å². The van der Waals surface area contributed by atoms with Gasteiger partial charge in [0.2, 0.25) is 0 Å². The summed E-state index contributed by atoms with van der Waals surface area (Å²) in [6.07, 6.45) is 2.77. The first-order valence-electron chi connectivity index (χ1n) is 3.88. The van der Waals surface area contributed by atoms with Gasteiger partial charge >= 0.3 is 0 Å². The summed E-state index contributed by atoms with van der Waals surface area (Å²) >= 11 is 0. The monoisotopic (exact) mass is 151 g/mol. The Balaban J connectivity index is 4.27. The van der Waals surface area contributed by atoms with Crippen molar-refractivity contribution in [3.05, 3.63) is 12.7 Å². The largest absolute Gasteiger partial charge is 0.198 e. The van der Waals surface area contributed by atoms with Gasteiger partial charge in [-0.15, -0.1) is 6.58 Å². The predicted octanol–water partition coefficient (Wildman–Crippen LogP) is 3.14. The molecule has 0 aromatic rings. The summed E-state index contributed by atoms with van der Waals surface area (Å²) in [5.41, 5.74) is -0.170. The topological polar surface area (TPSA) is 23.8 Å². The van der Waals surface area contributed by atoms with Crippen molar-refractivity contribution in [1.82, 2.24) is 0 Å². The normalized spacial score (nSPS) is 12.3. The molecule has 0 aliphatic heterocycles. The molecule has 0 atom stereocenters. The van der Waals surface area contributed by atoms with Gasteiger partial charge in [0, 0.05) is 0 Å². The molecule has 0 fully saturated rings. The molecule has 11 heavy (non-hydrogen) atoms. The van der Waals surface area contributed by atoms with E-state index in [9.17, 15) is 0 Å². The molecule has 0 N–H and O–H groups in total. The number of allylic oxidation sites excluding steroid dienone is 1. The fourth-order valence-electron chi connectivity index (χ4n) is 1.25. The molecule has 0 saturated heterocycles. The first-order valence-corrected chi connectivity index (χ1v) is 3.88. The number of nitriles is 1. The van der Waals surface area contributed by atoms with Gasteiger partial charge < -0.3 is 0 Å². The quantitative estimate of drug-likeness (QED) is 0.568. The third-order valence-corrected chi connectivity index (χ3v) is 1.75. The van der Waals surface area contributed by atoms with E-state index in [1.54, 1.807) is 0 Å². The second-order valence-corrected chi connectivity index (χ2v) is 4.37. The molecule has 62 valence electrons. The number of nitrogens with zero attached hydrogens (tertiary/aromatic N) is 1. The molecule has 0 saturated carbocycles. The van der Waals surface area contributed by atoms with Crippen LogP contribution in [0.2, 0.25) is 0 Å². The van der Waals surface area contributed by atoms with E-state index in [-0.39, 0.29) is 10.8 Å². The standard InChI is InChI=1S/C10H17N/c1-6-9(2,3)7-10(4,5)8-11/h6H,1,7H2,2-5H3. The van der Waals surface area contributed by atoms with Gasteiger partial charge in [-0.2, -0.15) is 5.26 Å². The Morgan fingerprint density at radius 2 is 1.82 bits per heavy atom. The molecule has 0 radical (unpaired) electrons. The van der Waals surface area contributed by atoms with Gasteiger partial charge in [0.15, 0.2) is 0 Å². The highest BCUT2D eigenvalue weighted by molar-refractivity contribution is 4.99. The highest BCUT2D eigenvalue weighted by atomic mass is 14.4. The molecule has 1 nitrogen and oxygen atoms in total. The molecule has 0 unspecified atom stereocenters. The summed E-state index contributed by atoms with van der Waals surface area (Å²) in [7, 11) is 0. The maximum absolute atomic E-state index is 8.77. The molecule has 0 aliphatic carbocycles. The first kappa shape index (κ1) is 10.2. The Morgan fingerprint density at radius 3 is 2.09 bits per heavy atom. The van der Waals surface area contributed by atoms with Crippen molar-refractivity contribution in [2.75, 3.05) is 0 Å². The van der Waals surface area contributed by atoms with E-state index < -0.39 is 0 Å². The van der Waals surface area contributed by atoms with Gasteiger partial charge in [0.25, 0.3) is 0 Å². The fourth-order valence-corrected chi connectivity index (χ4v) is 1.25. The molecule has 0 amide bonds. The van der Waals surface area contributed by atoms with E-state index in [4.69, 9.17) is 5.26 Å². The van der Waals surface area contributed by atoms with E-state index >= 15 is 0 Å². The minimum atomic E-state index is -0.238. The lowest BCUT2D eigenvalue weighted by atomic mass is 9.76. The van der Waals surface area contributed by atoms with Crippen LogP contribution < -0.4 is 0 Å². The molecule has 0 spiro atoms. The Morgan fingerprint density at radius 1 is 1.36 bits per heavy atom. The van der Waals surface area contributed by atoms with E-state index in [2.05, 4.69) is 26.5 Å². The average Bonchev–Trinajstić information content (AvgIpc) is 1.86. The molecule has 0 heterocycles. The van der Waals surface area contributed by atoms with Crippen LogP contribution in [-0.2, 0) is 0 Å². The smallest absolute Gasteiger partial charge is 0.0684 e. The van der Waals surface area contributed by atoms with Crippen molar-refractivity contribution in [3.8, 4) is 6.07 Å².